The molecule has 0 radical (unpaired) electrons. The Hall–Kier alpha value is -2.98. The normalized spacial score (nSPS) is 23.9. The van der Waals surface area contributed by atoms with Crippen molar-refractivity contribution in [1.29, 1.82) is 0 Å². The van der Waals surface area contributed by atoms with Crippen molar-refractivity contribution in [1.82, 2.24) is 31.7 Å². The van der Waals surface area contributed by atoms with E-state index in [0.29, 0.717) is 30.4 Å². The van der Waals surface area contributed by atoms with Gasteiger partial charge in [-0.25, -0.2) is 5.43 Å². The smallest absolute Gasteiger partial charge is 0.363 e. The summed E-state index contributed by atoms with van der Waals surface area (Å²) in [7, 11) is 0. The first-order chi connectivity index (χ1) is 13.8. The van der Waals surface area contributed by atoms with E-state index in [9.17, 15) is 18.0 Å². The molecular formula is C19H21F3N6O. The molecule has 0 saturated heterocycles. The van der Waals surface area contributed by atoms with Gasteiger partial charge in [-0.1, -0.05) is 24.3 Å². The third kappa shape index (κ3) is 3.81. The second-order valence-electron chi connectivity index (χ2n) is 6.89. The van der Waals surface area contributed by atoms with Crippen LogP contribution in [-0.4, -0.2) is 30.3 Å². The molecule has 154 valence electrons. The van der Waals surface area contributed by atoms with E-state index >= 15 is 0 Å². The Labute approximate surface area is 165 Å². The topological polar surface area (TPSA) is 80.5 Å². The summed E-state index contributed by atoms with van der Waals surface area (Å²) < 4.78 is 40.3. The summed E-state index contributed by atoms with van der Waals surface area (Å²) in [6, 6.07) is 4.70. The van der Waals surface area contributed by atoms with Gasteiger partial charge < -0.3 is 16.0 Å². The number of benzene rings is 1. The third-order valence-corrected chi connectivity index (χ3v) is 4.92. The van der Waals surface area contributed by atoms with Gasteiger partial charge in [-0.3, -0.25) is 15.1 Å². The van der Waals surface area contributed by atoms with Crippen LogP contribution in [0.1, 0.15) is 24.1 Å². The van der Waals surface area contributed by atoms with Gasteiger partial charge in [0, 0.05) is 12.2 Å². The van der Waals surface area contributed by atoms with E-state index in [0.717, 1.165) is 6.07 Å². The zero-order valence-electron chi connectivity index (χ0n) is 15.6. The van der Waals surface area contributed by atoms with Gasteiger partial charge >= 0.3 is 6.18 Å². The van der Waals surface area contributed by atoms with E-state index in [4.69, 9.17) is 0 Å². The van der Waals surface area contributed by atoms with Crippen molar-refractivity contribution in [2.45, 2.75) is 25.3 Å². The average molecular weight is 406 g/mol. The summed E-state index contributed by atoms with van der Waals surface area (Å²) in [5, 5.41) is 13.6. The number of carbonyl (C=O) groups excluding carboxylic acids is 1. The van der Waals surface area contributed by atoms with Gasteiger partial charge in [0.2, 0.25) is 0 Å². The number of hydrazine groups is 1. The quantitative estimate of drug-likeness (QED) is 0.489. The number of carbonyl (C=O) groups is 1. The Morgan fingerprint density at radius 2 is 2.03 bits per heavy atom. The first-order valence-corrected chi connectivity index (χ1v) is 9.18. The van der Waals surface area contributed by atoms with Crippen LogP contribution in [0.4, 0.5) is 13.2 Å². The fourth-order valence-electron chi connectivity index (χ4n) is 3.60. The molecule has 10 heteroatoms. The number of hydrogen-bond donors (Lipinski definition) is 5. The molecule has 2 atom stereocenters. The Kier molecular flexibility index (Phi) is 4.97. The molecule has 1 aromatic carbocycles. The molecule has 5 N–H and O–H groups in total. The van der Waals surface area contributed by atoms with Crippen LogP contribution in [0.25, 0.3) is 0 Å². The summed E-state index contributed by atoms with van der Waals surface area (Å²) in [6.07, 6.45) is 0.401. The molecule has 3 aliphatic rings. The molecule has 0 bridgehead atoms. The van der Waals surface area contributed by atoms with Crippen LogP contribution >= 0.6 is 0 Å². The predicted octanol–water partition coefficient (Wildman–Crippen LogP) is 1.39. The molecule has 3 aliphatic heterocycles. The number of nitrogens with zero attached hydrogens (tertiary/aromatic N) is 1. The summed E-state index contributed by atoms with van der Waals surface area (Å²) in [6.45, 7) is 2.92. The lowest BCUT2D eigenvalue weighted by Gasteiger charge is -2.35. The molecule has 29 heavy (non-hydrogen) atoms. The SMILES string of the molecule is CC1=C(C(=O)NC2=CCNCN2)N2NC(c3ccccc3C(F)(F)F)C=CC2N1. The van der Waals surface area contributed by atoms with Gasteiger partial charge in [0.25, 0.3) is 5.91 Å². The van der Waals surface area contributed by atoms with Crippen molar-refractivity contribution in [3.8, 4) is 0 Å². The maximum atomic E-state index is 13.4. The van der Waals surface area contributed by atoms with E-state index in [1.807, 2.05) is 6.08 Å². The number of hydrogen-bond acceptors (Lipinski definition) is 6. The number of nitrogens with one attached hydrogen (secondary N) is 5. The average Bonchev–Trinajstić information content (AvgIpc) is 3.03. The maximum absolute atomic E-state index is 13.4. The van der Waals surface area contributed by atoms with Crippen molar-refractivity contribution in [3.63, 3.8) is 0 Å². The number of alkyl halides is 3. The van der Waals surface area contributed by atoms with Crippen molar-refractivity contribution >= 4 is 5.91 Å². The minimum absolute atomic E-state index is 0.0988. The second-order valence-corrected chi connectivity index (χ2v) is 6.89. The molecular weight excluding hydrogens is 385 g/mol. The van der Waals surface area contributed by atoms with E-state index in [1.165, 1.54) is 12.1 Å². The highest BCUT2D eigenvalue weighted by molar-refractivity contribution is 5.95. The number of fused-ring (bicyclic) bond motifs is 1. The molecule has 0 aromatic heterocycles. The fourth-order valence-corrected chi connectivity index (χ4v) is 3.60. The number of amides is 1. The molecule has 3 heterocycles. The molecule has 7 nitrogen and oxygen atoms in total. The number of halogens is 3. The molecule has 1 aromatic rings. The summed E-state index contributed by atoms with van der Waals surface area (Å²) in [5.41, 5.74) is 3.41. The van der Waals surface area contributed by atoms with Gasteiger partial charge in [0.05, 0.1) is 18.3 Å². The van der Waals surface area contributed by atoms with E-state index < -0.39 is 17.8 Å². The van der Waals surface area contributed by atoms with Crippen molar-refractivity contribution in [2.75, 3.05) is 13.2 Å². The first-order valence-electron chi connectivity index (χ1n) is 9.18. The first kappa shape index (κ1) is 19.3. The van der Waals surface area contributed by atoms with Crippen LogP contribution in [0.2, 0.25) is 0 Å². The highest BCUT2D eigenvalue weighted by Gasteiger charge is 2.39. The van der Waals surface area contributed by atoms with E-state index in [2.05, 4.69) is 26.7 Å². The van der Waals surface area contributed by atoms with Gasteiger partial charge in [-0.15, -0.1) is 0 Å². The maximum Gasteiger partial charge on any atom is 0.416 e. The van der Waals surface area contributed by atoms with Gasteiger partial charge in [-0.05, 0) is 30.7 Å². The van der Waals surface area contributed by atoms with Crippen LogP contribution in [-0.2, 0) is 11.0 Å². The number of rotatable bonds is 3. The standard InChI is InChI=1S/C19H21F3N6O/c1-11-17(18(29)26-15-8-9-23-10-24-15)28-16(25-11)7-6-14(27-28)12-4-2-3-5-13(12)19(20,21)22/h2-8,14,16,23-25,27H,9-10H2,1H3,(H,26,29). The number of allylic oxidation sites excluding steroid dienone is 1. The highest BCUT2D eigenvalue weighted by atomic mass is 19.4. The van der Waals surface area contributed by atoms with Crippen molar-refractivity contribution < 1.29 is 18.0 Å². The lowest BCUT2D eigenvalue weighted by molar-refractivity contribution is -0.138. The summed E-state index contributed by atoms with van der Waals surface area (Å²) >= 11 is 0. The van der Waals surface area contributed by atoms with Gasteiger partial charge in [-0.2, -0.15) is 13.2 Å². The molecule has 4 rings (SSSR count). The Morgan fingerprint density at radius 1 is 1.24 bits per heavy atom. The third-order valence-electron chi connectivity index (χ3n) is 4.92. The molecule has 1 amide bonds. The van der Waals surface area contributed by atoms with Gasteiger partial charge in [0.15, 0.2) is 0 Å². The Balaban J connectivity index is 1.58. The summed E-state index contributed by atoms with van der Waals surface area (Å²) in [5.74, 6) is 0.229. The molecule has 0 spiro atoms. The van der Waals surface area contributed by atoms with Crippen LogP contribution in [0, 0.1) is 0 Å². The monoisotopic (exact) mass is 406 g/mol. The Morgan fingerprint density at radius 3 is 2.76 bits per heavy atom. The van der Waals surface area contributed by atoms with Crippen molar-refractivity contribution in [2.24, 2.45) is 0 Å². The molecule has 0 fully saturated rings. The van der Waals surface area contributed by atoms with Crippen LogP contribution < -0.4 is 26.7 Å². The highest BCUT2D eigenvalue weighted by Crippen LogP contribution is 2.36. The van der Waals surface area contributed by atoms with Crippen LogP contribution in [0.15, 0.2) is 59.7 Å². The minimum Gasteiger partial charge on any atom is -0.363 e. The summed E-state index contributed by atoms with van der Waals surface area (Å²) in [4.78, 5) is 12.9. The molecule has 0 aliphatic carbocycles. The lowest BCUT2D eigenvalue weighted by atomic mass is 9.99. The largest absolute Gasteiger partial charge is 0.416 e. The van der Waals surface area contributed by atoms with Crippen LogP contribution in [0.3, 0.4) is 0 Å². The zero-order chi connectivity index (χ0) is 20.6. The minimum atomic E-state index is -4.47. The van der Waals surface area contributed by atoms with E-state index in [1.54, 1.807) is 30.2 Å². The zero-order valence-corrected chi connectivity index (χ0v) is 15.6. The second kappa shape index (κ2) is 7.45. The molecule has 2 unspecified atom stereocenters. The van der Waals surface area contributed by atoms with E-state index in [-0.39, 0.29) is 17.6 Å². The Bertz CT molecular complexity index is 907. The van der Waals surface area contributed by atoms with Crippen LogP contribution in [0.5, 0.6) is 0 Å². The van der Waals surface area contributed by atoms with Crippen molar-refractivity contribution in [3.05, 3.63) is 70.8 Å². The lowest BCUT2D eigenvalue weighted by Crippen LogP contribution is -2.51. The fraction of sp³-hybridized carbons (Fsp3) is 0.316. The predicted molar refractivity (Wildman–Crippen MR) is 100 cm³/mol. The molecule has 0 saturated carbocycles. The van der Waals surface area contributed by atoms with Gasteiger partial charge in [0.1, 0.15) is 17.7 Å².